The van der Waals surface area contributed by atoms with Crippen LogP contribution in [0.4, 0.5) is 0 Å². The number of β-amino-alcohol motifs (C(OH)–C–C–N with tert-alkyl or cyclic N) is 1. The molecule has 0 saturated carbocycles. The highest BCUT2D eigenvalue weighted by molar-refractivity contribution is 6.39. The van der Waals surface area contributed by atoms with Crippen LogP contribution in [-0.2, 0) is 12.8 Å². The van der Waals surface area contributed by atoms with Gasteiger partial charge in [0.2, 0.25) is 11.8 Å². The number of benzene rings is 2. The molecule has 49 heavy (non-hydrogen) atoms. The van der Waals surface area contributed by atoms with Crippen molar-refractivity contribution in [3.63, 3.8) is 0 Å². The molecule has 0 bridgehead atoms. The average molecular weight is 701 g/mol. The van der Waals surface area contributed by atoms with Gasteiger partial charge in [0, 0.05) is 84.7 Å². The first-order valence-corrected chi connectivity index (χ1v) is 18.3. The van der Waals surface area contributed by atoms with Gasteiger partial charge in [-0.25, -0.2) is 9.97 Å². The molecule has 2 atom stereocenters. The molecule has 0 radical (unpaired) electrons. The molecule has 8 rings (SSSR count). The Balaban J connectivity index is 1.12. The van der Waals surface area contributed by atoms with Gasteiger partial charge in [0.15, 0.2) is 0 Å². The Bertz CT molecular complexity index is 1890. The quantitative estimate of drug-likeness (QED) is 0.209. The van der Waals surface area contributed by atoms with E-state index in [0.29, 0.717) is 40.9 Å². The van der Waals surface area contributed by atoms with Crippen molar-refractivity contribution in [2.75, 3.05) is 60.0 Å². The zero-order valence-corrected chi connectivity index (χ0v) is 29.9. The number of aromatic nitrogens is 2. The fourth-order valence-electron chi connectivity index (χ4n) is 8.49. The molecule has 4 aromatic rings. The molecule has 256 valence electrons. The van der Waals surface area contributed by atoms with Crippen molar-refractivity contribution in [2.45, 2.75) is 50.8 Å². The van der Waals surface area contributed by atoms with Gasteiger partial charge in [-0.15, -0.1) is 0 Å². The van der Waals surface area contributed by atoms with E-state index in [1.165, 1.54) is 16.7 Å². The molecular weight excluding hydrogens is 657 g/mol. The number of aryl methyl sites for hydroxylation is 2. The zero-order chi connectivity index (χ0) is 33.8. The van der Waals surface area contributed by atoms with Crippen LogP contribution < -0.4 is 9.47 Å². The Morgan fingerprint density at radius 3 is 1.63 bits per heavy atom. The van der Waals surface area contributed by atoms with E-state index < -0.39 is 0 Å². The van der Waals surface area contributed by atoms with Gasteiger partial charge in [0.1, 0.15) is 0 Å². The van der Waals surface area contributed by atoms with E-state index >= 15 is 0 Å². The number of aliphatic hydroxyl groups excluding tert-OH is 1. The van der Waals surface area contributed by atoms with Crippen molar-refractivity contribution >= 4 is 23.2 Å². The minimum absolute atomic E-state index is 0.215. The summed E-state index contributed by atoms with van der Waals surface area (Å²) in [6, 6.07) is 17.0. The number of piperazine rings is 1. The summed E-state index contributed by atoms with van der Waals surface area (Å²) in [5.41, 5.74) is 9.79. The van der Waals surface area contributed by atoms with Crippen molar-refractivity contribution in [3.05, 3.63) is 80.8 Å². The predicted octanol–water partition coefficient (Wildman–Crippen LogP) is 7.09. The van der Waals surface area contributed by atoms with Gasteiger partial charge in [0.25, 0.3) is 0 Å². The van der Waals surface area contributed by atoms with Crippen LogP contribution in [0.1, 0.15) is 54.1 Å². The number of likely N-dealkylation sites (tertiary alicyclic amines) is 1. The van der Waals surface area contributed by atoms with Crippen molar-refractivity contribution in [3.8, 4) is 45.4 Å². The van der Waals surface area contributed by atoms with Crippen LogP contribution in [0, 0.1) is 0 Å². The molecule has 10 heteroatoms. The molecule has 0 unspecified atom stereocenters. The number of rotatable bonds is 8. The smallest absolute Gasteiger partial charge is 0.218 e. The van der Waals surface area contributed by atoms with Gasteiger partial charge < -0.3 is 19.5 Å². The van der Waals surface area contributed by atoms with Gasteiger partial charge in [0.05, 0.1) is 41.8 Å². The van der Waals surface area contributed by atoms with Crippen molar-refractivity contribution in [1.29, 1.82) is 0 Å². The SMILES string of the molecule is CCN1CCN([C@@H]2CCc3cc(-c4cccc(-c5cccc(-c6cc7c(c(OC)n6)[C@@H](N6CC(O)C6)CC7)c5Cl)c4Cl)nc(OC)c32)CC1. The van der Waals surface area contributed by atoms with E-state index in [1.807, 2.05) is 36.4 Å². The van der Waals surface area contributed by atoms with E-state index in [1.54, 1.807) is 14.2 Å². The fourth-order valence-corrected chi connectivity index (χ4v) is 9.14. The third-order valence-corrected chi connectivity index (χ3v) is 11.9. The maximum Gasteiger partial charge on any atom is 0.218 e. The van der Waals surface area contributed by atoms with Crippen LogP contribution >= 0.6 is 23.2 Å². The van der Waals surface area contributed by atoms with Gasteiger partial charge in [-0.05, 0) is 55.5 Å². The zero-order valence-electron chi connectivity index (χ0n) is 28.4. The van der Waals surface area contributed by atoms with Gasteiger partial charge in [-0.2, -0.15) is 0 Å². The molecule has 2 aliphatic heterocycles. The molecule has 8 nitrogen and oxygen atoms in total. The molecule has 0 amide bonds. The molecule has 1 N–H and O–H groups in total. The average Bonchev–Trinajstić information content (AvgIpc) is 3.74. The molecule has 2 fully saturated rings. The minimum atomic E-state index is -0.251. The summed E-state index contributed by atoms with van der Waals surface area (Å²) in [4.78, 5) is 17.4. The molecule has 4 aliphatic rings. The van der Waals surface area contributed by atoms with Crippen LogP contribution in [-0.4, -0.2) is 95.9 Å². The van der Waals surface area contributed by atoms with Gasteiger partial charge in [-0.1, -0.05) is 66.5 Å². The number of methoxy groups -OCH3 is 2. The third kappa shape index (κ3) is 5.80. The summed E-state index contributed by atoms with van der Waals surface area (Å²) >= 11 is 14.5. The highest BCUT2D eigenvalue weighted by Crippen LogP contribution is 2.48. The maximum absolute atomic E-state index is 9.90. The first-order chi connectivity index (χ1) is 23.9. The van der Waals surface area contributed by atoms with Crippen molar-refractivity contribution < 1.29 is 14.6 Å². The largest absolute Gasteiger partial charge is 0.481 e. The molecule has 2 aliphatic carbocycles. The van der Waals surface area contributed by atoms with Crippen LogP contribution in [0.3, 0.4) is 0 Å². The molecule has 4 heterocycles. The molecule has 2 saturated heterocycles. The topological polar surface area (TPSA) is 74.2 Å². The van der Waals surface area contributed by atoms with Crippen LogP contribution in [0.5, 0.6) is 11.8 Å². The fraction of sp³-hybridized carbons (Fsp3) is 0.436. The van der Waals surface area contributed by atoms with Crippen LogP contribution in [0.2, 0.25) is 10.0 Å². The first kappa shape index (κ1) is 32.9. The lowest BCUT2D eigenvalue weighted by molar-refractivity contribution is -0.0256. The Kier molecular flexibility index (Phi) is 9.06. The lowest BCUT2D eigenvalue weighted by Gasteiger charge is -2.40. The number of likely N-dealkylation sites (N-methyl/N-ethyl adjacent to an activating group) is 1. The number of pyridine rings is 2. The second kappa shape index (κ2) is 13.5. The summed E-state index contributed by atoms with van der Waals surface area (Å²) in [5.74, 6) is 1.32. The second-order valence-corrected chi connectivity index (χ2v) is 14.5. The van der Waals surface area contributed by atoms with Crippen molar-refractivity contribution in [1.82, 2.24) is 24.7 Å². The van der Waals surface area contributed by atoms with Gasteiger partial charge in [-0.3, -0.25) is 9.80 Å². The highest BCUT2D eigenvalue weighted by Gasteiger charge is 2.38. The minimum Gasteiger partial charge on any atom is -0.481 e. The maximum atomic E-state index is 9.90. The number of nitrogens with zero attached hydrogens (tertiary/aromatic N) is 5. The van der Waals surface area contributed by atoms with Crippen molar-refractivity contribution in [2.24, 2.45) is 0 Å². The Hall–Kier alpha value is -3.24. The number of hydrogen-bond donors (Lipinski definition) is 1. The summed E-state index contributed by atoms with van der Waals surface area (Å²) < 4.78 is 11.8. The number of hydrogen-bond acceptors (Lipinski definition) is 8. The second-order valence-electron chi connectivity index (χ2n) is 13.7. The van der Waals surface area contributed by atoms with Crippen LogP contribution in [0.25, 0.3) is 33.6 Å². The Morgan fingerprint density at radius 2 is 1.18 bits per heavy atom. The number of aliphatic hydroxyl groups is 1. The highest BCUT2D eigenvalue weighted by atomic mass is 35.5. The predicted molar refractivity (Wildman–Crippen MR) is 195 cm³/mol. The molecule has 2 aromatic carbocycles. The van der Waals surface area contributed by atoms with E-state index in [4.69, 9.17) is 42.6 Å². The normalized spacial score (nSPS) is 21.4. The molecule has 2 aromatic heterocycles. The number of fused-ring (bicyclic) bond motifs is 2. The van der Waals surface area contributed by atoms with E-state index in [0.717, 1.165) is 97.6 Å². The Labute approximate surface area is 298 Å². The number of ether oxygens (including phenoxy) is 2. The third-order valence-electron chi connectivity index (χ3n) is 11.1. The molecular formula is C39H43Cl2N5O3. The molecule has 0 spiro atoms. The Morgan fingerprint density at radius 1 is 0.714 bits per heavy atom. The standard InChI is InChI=1S/C39H43Cl2N5O3/c1-4-44-15-17-45(18-16-44)32-13-11-23-19-30(42-38(48-2)34(23)32)28-9-5-7-26(36(28)40)27-8-6-10-29(37(27)41)31-20-24-12-14-33(46-21-25(47)22-46)35(24)39(43-31)49-3/h5-10,19-20,25,32-33,47H,4,11-18,21-22H2,1-3H3/t32-,33+/m1/s1. The van der Waals surface area contributed by atoms with Gasteiger partial charge >= 0.3 is 0 Å². The monoisotopic (exact) mass is 699 g/mol. The lowest BCUT2D eigenvalue weighted by Crippen LogP contribution is -2.51. The van der Waals surface area contributed by atoms with E-state index in [-0.39, 0.29) is 12.1 Å². The summed E-state index contributed by atoms with van der Waals surface area (Å²) in [7, 11) is 3.39. The van der Waals surface area contributed by atoms with E-state index in [9.17, 15) is 5.11 Å². The summed E-state index contributed by atoms with van der Waals surface area (Å²) in [6.45, 7) is 9.04. The van der Waals surface area contributed by atoms with E-state index in [2.05, 4.69) is 33.8 Å². The lowest BCUT2D eigenvalue weighted by atomic mass is 9.96. The summed E-state index contributed by atoms with van der Waals surface area (Å²) in [6.07, 6.45) is 3.72. The first-order valence-electron chi connectivity index (χ1n) is 17.5. The summed E-state index contributed by atoms with van der Waals surface area (Å²) in [5, 5.41) is 11.1. The number of halogens is 2. The van der Waals surface area contributed by atoms with Crippen LogP contribution in [0.15, 0.2) is 48.5 Å².